The Morgan fingerprint density at radius 2 is 1.93 bits per heavy atom. The minimum atomic E-state index is -0.476. The molecule has 0 spiro atoms. The van der Waals surface area contributed by atoms with Gasteiger partial charge in [0.1, 0.15) is 6.10 Å². The van der Waals surface area contributed by atoms with Crippen LogP contribution in [-0.4, -0.2) is 48.2 Å². The van der Waals surface area contributed by atoms with Crippen molar-refractivity contribution in [3.8, 4) is 5.88 Å². The monoisotopic (exact) mass is 366 g/mol. The Kier molecular flexibility index (Phi) is 5.12. The van der Waals surface area contributed by atoms with Crippen LogP contribution in [0.15, 0.2) is 48.5 Å². The van der Waals surface area contributed by atoms with Crippen LogP contribution in [-0.2, 0) is 14.9 Å². The van der Waals surface area contributed by atoms with Crippen molar-refractivity contribution in [3.63, 3.8) is 0 Å². The summed E-state index contributed by atoms with van der Waals surface area (Å²) in [5, 5.41) is 0. The molecule has 1 amide bonds. The summed E-state index contributed by atoms with van der Waals surface area (Å²) in [4.78, 5) is 20.0. The topological polar surface area (TPSA) is 51.7 Å². The molecular formula is C22H26N2O3. The zero-order valence-corrected chi connectivity index (χ0v) is 15.8. The third kappa shape index (κ3) is 3.69. The molecule has 3 heterocycles. The van der Waals surface area contributed by atoms with Crippen LogP contribution in [0.1, 0.15) is 30.5 Å². The van der Waals surface area contributed by atoms with E-state index in [1.165, 1.54) is 0 Å². The number of carbonyl (C=O) groups is 1. The van der Waals surface area contributed by atoms with E-state index in [-0.39, 0.29) is 12.0 Å². The Balaban J connectivity index is 1.49. The lowest BCUT2D eigenvalue weighted by atomic mass is 9.73. The van der Waals surface area contributed by atoms with Crippen molar-refractivity contribution >= 4 is 5.91 Å². The van der Waals surface area contributed by atoms with Gasteiger partial charge in [0, 0.05) is 37.9 Å². The van der Waals surface area contributed by atoms with Crippen LogP contribution in [0.3, 0.4) is 0 Å². The molecule has 0 saturated carbocycles. The van der Waals surface area contributed by atoms with E-state index in [1.54, 1.807) is 0 Å². The highest BCUT2D eigenvalue weighted by Gasteiger charge is 2.45. The van der Waals surface area contributed by atoms with Gasteiger partial charge in [-0.1, -0.05) is 36.4 Å². The zero-order valence-electron chi connectivity index (χ0n) is 15.8. The van der Waals surface area contributed by atoms with Crippen molar-refractivity contribution in [1.82, 2.24) is 9.88 Å². The summed E-state index contributed by atoms with van der Waals surface area (Å²) >= 11 is 0. The molecule has 1 atom stereocenters. The molecule has 0 N–H and O–H groups in total. The SMILES string of the molecule is Cc1cccc(OC2CCN(C(=O)C3(c4ccccc4)CCOCC3)C2)n1. The van der Waals surface area contributed by atoms with Crippen LogP contribution in [0.2, 0.25) is 0 Å². The first-order valence-electron chi connectivity index (χ1n) is 9.70. The number of pyridine rings is 1. The molecule has 0 bridgehead atoms. The number of likely N-dealkylation sites (tertiary alicyclic amines) is 1. The van der Waals surface area contributed by atoms with Gasteiger partial charge in [-0.15, -0.1) is 0 Å². The fourth-order valence-corrected chi connectivity index (χ4v) is 4.17. The van der Waals surface area contributed by atoms with Gasteiger partial charge in [-0.2, -0.15) is 0 Å². The van der Waals surface area contributed by atoms with Crippen molar-refractivity contribution < 1.29 is 14.3 Å². The normalized spacial score (nSPS) is 21.8. The lowest BCUT2D eigenvalue weighted by molar-refractivity contribution is -0.140. The van der Waals surface area contributed by atoms with E-state index < -0.39 is 5.41 Å². The number of hydrogen-bond acceptors (Lipinski definition) is 4. The van der Waals surface area contributed by atoms with Gasteiger partial charge in [0.05, 0.1) is 12.0 Å². The Bertz CT molecular complexity index is 787. The minimum Gasteiger partial charge on any atom is -0.472 e. The van der Waals surface area contributed by atoms with E-state index in [2.05, 4.69) is 17.1 Å². The molecule has 5 heteroatoms. The third-order valence-corrected chi connectivity index (χ3v) is 5.66. The van der Waals surface area contributed by atoms with Gasteiger partial charge < -0.3 is 14.4 Å². The number of ether oxygens (including phenoxy) is 2. The number of rotatable bonds is 4. The Morgan fingerprint density at radius 3 is 2.67 bits per heavy atom. The molecule has 4 rings (SSSR count). The van der Waals surface area contributed by atoms with Crippen LogP contribution >= 0.6 is 0 Å². The number of aromatic nitrogens is 1. The lowest BCUT2D eigenvalue weighted by Crippen LogP contribution is -2.49. The highest BCUT2D eigenvalue weighted by molar-refractivity contribution is 5.88. The smallest absolute Gasteiger partial charge is 0.233 e. The molecule has 5 nitrogen and oxygen atoms in total. The van der Waals surface area contributed by atoms with Crippen LogP contribution < -0.4 is 4.74 Å². The fraction of sp³-hybridized carbons (Fsp3) is 0.455. The van der Waals surface area contributed by atoms with Crippen molar-refractivity contribution in [3.05, 3.63) is 59.8 Å². The van der Waals surface area contributed by atoms with Gasteiger partial charge >= 0.3 is 0 Å². The number of nitrogens with zero attached hydrogens (tertiary/aromatic N) is 2. The molecule has 1 unspecified atom stereocenters. The Hall–Kier alpha value is -2.40. The maximum absolute atomic E-state index is 13.6. The second kappa shape index (κ2) is 7.69. The van der Waals surface area contributed by atoms with E-state index in [0.29, 0.717) is 25.6 Å². The number of benzene rings is 1. The number of aryl methyl sites for hydroxylation is 1. The highest BCUT2D eigenvalue weighted by atomic mass is 16.5. The Labute approximate surface area is 160 Å². The molecule has 142 valence electrons. The van der Waals surface area contributed by atoms with Gasteiger partial charge in [-0.25, -0.2) is 4.98 Å². The second-order valence-corrected chi connectivity index (χ2v) is 7.46. The lowest BCUT2D eigenvalue weighted by Gasteiger charge is -2.39. The van der Waals surface area contributed by atoms with Crippen LogP contribution in [0, 0.1) is 6.92 Å². The first-order chi connectivity index (χ1) is 13.2. The standard InChI is InChI=1S/C22H26N2O3/c1-17-6-5-9-20(23-17)27-19-10-13-24(16-19)21(25)22(11-14-26-15-12-22)18-7-3-2-4-8-18/h2-9,19H,10-16H2,1H3. The quantitative estimate of drug-likeness (QED) is 0.834. The maximum Gasteiger partial charge on any atom is 0.233 e. The molecule has 2 fully saturated rings. The maximum atomic E-state index is 13.6. The van der Waals surface area contributed by atoms with Gasteiger partial charge in [-0.05, 0) is 31.4 Å². The zero-order chi connectivity index (χ0) is 18.7. The van der Waals surface area contributed by atoms with E-state index in [0.717, 1.165) is 37.1 Å². The fourth-order valence-electron chi connectivity index (χ4n) is 4.17. The van der Waals surface area contributed by atoms with Crippen LogP contribution in [0.25, 0.3) is 0 Å². The van der Waals surface area contributed by atoms with E-state index >= 15 is 0 Å². The van der Waals surface area contributed by atoms with E-state index in [1.807, 2.05) is 48.2 Å². The second-order valence-electron chi connectivity index (χ2n) is 7.46. The third-order valence-electron chi connectivity index (χ3n) is 5.66. The summed E-state index contributed by atoms with van der Waals surface area (Å²) in [6.45, 7) is 4.55. The Morgan fingerprint density at radius 1 is 1.15 bits per heavy atom. The first-order valence-corrected chi connectivity index (χ1v) is 9.70. The summed E-state index contributed by atoms with van der Waals surface area (Å²) in [6.07, 6.45) is 2.30. The number of amides is 1. The summed E-state index contributed by atoms with van der Waals surface area (Å²) in [7, 11) is 0. The molecular weight excluding hydrogens is 340 g/mol. The molecule has 0 radical (unpaired) electrons. The first kappa shape index (κ1) is 18.0. The molecule has 1 aromatic carbocycles. The molecule has 27 heavy (non-hydrogen) atoms. The number of hydrogen-bond donors (Lipinski definition) is 0. The van der Waals surface area contributed by atoms with Crippen LogP contribution in [0.4, 0.5) is 0 Å². The van der Waals surface area contributed by atoms with Crippen molar-refractivity contribution in [2.24, 2.45) is 0 Å². The summed E-state index contributed by atoms with van der Waals surface area (Å²) in [5.74, 6) is 0.846. The summed E-state index contributed by atoms with van der Waals surface area (Å²) < 4.78 is 11.6. The minimum absolute atomic E-state index is 0.00378. The molecule has 2 aromatic rings. The van der Waals surface area contributed by atoms with E-state index in [4.69, 9.17) is 9.47 Å². The molecule has 2 saturated heterocycles. The van der Waals surface area contributed by atoms with Gasteiger partial charge in [0.2, 0.25) is 11.8 Å². The van der Waals surface area contributed by atoms with Crippen molar-refractivity contribution in [2.45, 2.75) is 37.7 Å². The predicted molar refractivity (Wildman–Crippen MR) is 103 cm³/mol. The summed E-state index contributed by atoms with van der Waals surface area (Å²) in [5.41, 5.74) is 1.56. The van der Waals surface area contributed by atoms with Crippen LogP contribution in [0.5, 0.6) is 5.88 Å². The van der Waals surface area contributed by atoms with Crippen molar-refractivity contribution in [1.29, 1.82) is 0 Å². The van der Waals surface area contributed by atoms with E-state index in [9.17, 15) is 4.79 Å². The molecule has 2 aliphatic rings. The largest absolute Gasteiger partial charge is 0.472 e. The van der Waals surface area contributed by atoms with Crippen molar-refractivity contribution in [2.75, 3.05) is 26.3 Å². The molecule has 0 aliphatic carbocycles. The predicted octanol–water partition coefficient (Wildman–Crippen LogP) is 3.12. The van der Waals surface area contributed by atoms with Gasteiger partial charge in [0.15, 0.2) is 0 Å². The molecule has 2 aliphatic heterocycles. The van der Waals surface area contributed by atoms with Gasteiger partial charge in [0.25, 0.3) is 0 Å². The average Bonchev–Trinajstić information content (AvgIpc) is 3.17. The number of carbonyl (C=O) groups excluding carboxylic acids is 1. The summed E-state index contributed by atoms with van der Waals surface area (Å²) in [6, 6.07) is 15.9. The highest BCUT2D eigenvalue weighted by Crippen LogP contribution is 2.37. The molecule has 1 aromatic heterocycles. The van der Waals surface area contributed by atoms with Gasteiger partial charge in [-0.3, -0.25) is 4.79 Å². The average molecular weight is 366 g/mol.